The number of carbonyl (C=O) groups excluding carboxylic acids is 2. The van der Waals surface area contributed by atoms with Crippen LogP contribution in [0.15, 0.2) is 30.3 Å². The first-order chi connectivity index (χ1) is 11.5. The number of nitrogens with zero attached hydrogens (tertiary/aromatic N) is 1. The van der Waals surface area contributed by atoms with E-state index in [1.807, 2.05) is 30.3 Å². The summed E-state index contributed by atoms with van der Waals surface area (Å²) in [5, 5.41) is 0. The van der Waals surface area contributed by atoms with Gasteiger partial charge in [-0.1, -0.05) is 18.2 Å². The Morgan fingerprint density at radius 3 is 2.08 bits per heavy atom. The molecule has 0 aromatic heterocycles. The van der Waals surface area contributed by atoms with Crippen LogP contribution in [0.2, 0.25) is 0 Å². The average Bonchev–Trinajstić information content (AvgIpc) is 2.57. The van der Waals surface area contributed by atoms with Gasteiger partial charge in [0.1, 0.15) is 13.2 Å². The summed E-state index contributed by atoms with van der Waals surface area (Å²) >= 11 is 0. The molecular weight excluding hydrogens is 310 g/mol. The van der Waals surface area contributed by atoms with Crippen molar-refractivity contribution in [2.75, 3.05) is 38.4 Å². The molecule has 0 spiro atoms. The van der Waals surface area contributed by atoms with Gasteiger partial charge in [0, 0.05) is 18.8 Å². The Labute approximate surface area is 143 Å². The summed E-state index contributed by atoms with van der Waals surface area (Å²) in [5.74, 6) is -0.812. The summed E-state index contributed by atoms with van der Waals surface area (Å²) in [4.78, 5) is 25.2. The molecule has 0 amide bonds. The van der Waals surface area contributed by atoms with Crippen LogP contribution in [0.4, 0.5) is 5.69 Å². The van der Waals surface area contributed by atoms with Crippen LogP contribution in [-0.4, -0.2) is 51.5 Å². The lowest BCUT2D eigenvalue weighted by molar-refractivity contribution is -0.150. The molecule has 0 aliphatic heterocycles. The Morgan fingerprint density at radius 1 is 0.958 bits per heavy atom. The molecule has 6 nitrogen and oxygen atoms in total. The van der Waals surface area contributed by atoms with Crippen LogP contribution in [0.5, 0.6) is 0 Å². The third-order valence-corrected chi connectivity index (χ3v) is 3.39. The molecule has 134 valence electrons. The second-order valence-corrected chi connectivity index (χ2v) is 5.56. The Hall–Kier alpha value is -2.08. The van der Waals surface area contributed by atoms with Crippen molar-refractivity contribution in [2.24, 2.45) is 0 Å². The number of esters is 2. The van der Waals surface area contributed by atoms with Gasteiger partial charge in [0.2, 0.25) is 0 Å². The summed E-state index contributed by atoms with van der Waals surface area (Å²) < 4.78 is 14.9. The maximum atomic E-state index is 11.7. The molecule has 1 rings (SSSR count). The predicted octanol–water partition coefficient (Wildman–Crippen LogP) is 2.41. The molecule has 0 fully saturated rings. The highest BCUT2D eigenvalue weighted by atomic mass is 16.6. The van der Waals surface area contributed by atoms with E-state index in [1.165, 1.54) is 7.11 Å². The van der Waals surface area contributed by atoms with Gasteiger partial charge in [-0.25, -0.2) is 0 Å². The predicted molar refractivity (Wildman–Crippen MR) is 92.0 cm³/mol. The highest BCUT2D eigenvalue weighted by molar-refractivity contribution is 5.77. The summed E-state index contributed by atoms with van der Waals surface area (Å²) in [5.41, 5.74) is 1.09. The standard InChI is InChI=1S/C18H27NO5/c1-15(2)19(16-7-5-4-6-8-16)11-12-23-17(20)9-10-18(21)24-14-13-22-3/h4-8,15H,9-14H2,1-3H3. The molecule has 1 aromatic rings. The Balaban J connectivity index is 2.27. The van der Waals surface area contributed by atoms with Gasteiger partial charge >= 0.3 is 11.9 Å². The molecule has 0 aliphatic rings. The van der Waals surface area contributed by atoms with E-state index in [-0.39, 0.29) is 26.1 Å². The summed E-state index contributed by atoms with van der Waals surface area (Å²) in [7, 11) is 1.53. The monoisotopic (exact) mass is 337 g/mol. The van der Waals surface area contributed by atoms with Gasteiger partial charge in [-0.2, -0.15) is 0 Å². The van der Waals surface area contributed by atoms with Crippen molar-refractivity contribution >= 4 is 17.6 Å². The molecule has 0 saturated carbocycles. The lowest BCUT2D eigenvalue weighted by atomic mass is 10.2. The first-order valence-electron chi connectivity index (χ1n) is 8.16. The van der Waals surface area contributed by atoms with E-state index in [4.69, 9.17) is 14.2 Å². The van der Waals surface area contributed by atoms with Crippen LogP contribution < -0.4 is 4.90 Å². The molecule has 6 heteroatoms. The fourth-order valence-corrected chi connectivity index (χ4v) is 2.15. The van der Waals surface area contributed by atoms with Crippen molar-refractivity contribution in [2.45, 2.75) is 32.7 Å². The van der Waals surface area contributed by atoms with Gasteiger partial charge in [-0.15, -0.1) is 0 Å². The Morgan fingerprint density at radius 2 is 1.54 bits per heavy atom. The van der Waals surface area contributed by atoms with E-state index in [2.05, 4.69) is 18.7 Å². The number of methoxy groups -OCH3 is 1. The molecule has 0 aliphatic carbocycles. The molecule has 1 aromatic carbocycles. The highest BCUT2D eigenvalue weighted by Gasteiger charge is 2.12. The smallest absolute Gasteiger partial charge is 0.306 e. The van der Waals surface area contributed by atoms with Crippen molar-refractivity contribution < 1.29 is 23.8 Å². The normalized spacial score (nSPS) is 10.5. The number of anilines is 1. The van der Waals surface area contributed by atoms with Crippen LogP contribution in [-0.2, 0) is 23.8 Å². The number of rotatable bonds is 11. The van der Waals surface area contributed by atoms with E-state index in [0.29, 0.717) is 19.2 Å². The maximum Gasteiger partial charge on any atom is 0.306 e. The second kappa shape index (κ2) is 11.5. The molecule has 24 heavy (non-hydrogen) atoms. The third-order valence-electron chi connectivity index (χ3n) is 3.39. The summed E-state index contributed by atoms with van der Waals surface area (Å²) in [6.45, 7) is 5.61. The van der Waals surface area contributed by atoms with Crippen LogP contribution in [0.25, 0.3) is 0 Å². The first kappa shape index (κ1) is 20.0. The minimum absolute atomic E-state index is 0.0229. The number of hydrogen-bond donors (Lipinski definition) is 0. The van der Waals surface area contributed by atoms with E-state index in [9.17, 15) is 9.59 Å². The van der Waals surface area contributed by atoms with E-state index in [0.717, 1.165) is 5.69 Å². The lowest BCUT2D eigenvalue weighted by Gasteiger charge is -2.28. The molecule has 0 saturated heterocycles. The fourth-order valence-electron chi connectivity index (χ4n) is 2.15. The average molecular weight is 337 g/mol. The lowest BCUT2D eigenvalue weighted by Crippen LogP contribution is -2.34. The zero-order chi connectivity index (χ0) is 17.8. The molecule has 0 N–H and O–H groups in total. The third kappa shape index (κ3) is 7.97. The molecule has 0 atom stereocenters. The zero-order valence-electron chi connectivity index (χ0n) is 14.7. The van der Waals surface area contributed by atoms with Crippen molar-refractivity contribution in [1.29, 1.82) is 0 Å². The van der Waals surface area contributed by atoms with Crippen molar-refractivity contribution in [3.8, 4) is 0 Å². The Kier molecular flexibility index (Phi) is 9.53. The zero-order valence-corrected chi connectivity index (χ0v) is 14.7. The summed E-state index contributed by atoms with van der Waals surface area (Å²) in [6, 6.07) is 10.3. The molecule has 0 heterocycles. The van der Waals surface area contributed by atoms with Gasteiger partial charge < -0.3 is 19.1 Å². The molecule has 0 bridgehead atoms. The SMILES string of the molecule is COCCOC(=O)CCC(=O)OCCN(c1ccccc1)C(C)C. The summed E-state index contributed by atoms with van der Waals surface area (Å²) in [6.07, 6.45) is 0.0496. The van der Waals surface area contributed by atoms with E-state index >= 15 is 0 Å². The van der Waals surface area contributed by atoms with Crippen LogP contribution in [0, 0.1) is 0 Å². The minimum Gasteiger partial charge on any atom is -0.464 e. The first-order valence-corrected chi connectivity index (χ1v) is 8.16. The van der Waals surface area contributed by atoms with Crippen LogP contribution in [0.3, 0.4) is 0 Å². The van der Waals surface area contributed by atoms with Gasteiger partial charge in [0.15, 0.2) is 0 Å². The topological polar surface area (TPSA) is 65.1 Å². The molecule has 0 radical (unpaired) electrons. The number of carbonyl (C=O) groups is 2. The molecule has 0 unspecified atom stereocenters. The highest BCUT2D eigenvalue weighted by Crippen LogP contribution is 2.15. The van der Waals surface area contributed by atoms with Gasteiger partial charge in [0.25, 0.3) is 0 Å². The number of ether oxygens (including phenoxy) is 3. The molecular formula is C18H27NO5. The maximum absolute atomic E-state index is 11.7. The number of hydrogen-bond acceptors (Lipinski definition) is 6. The van der Waals surface area contributed by atoms with E-state index < -0.39 is 11.9 Å². The number of para-hydroxylation sites is 1. The second-order valence-electron chi connectivity index (χ2n) is 5.56. The van der Waals surface area contributed by atoms with Crippen LogP contribution in [0.1, 0.15) is 26.7 Å². The van der Waals surface area contributed by atoms with Crippen molar-refractivity contribution in [3.05, 3.63) is 30.3 Å². The number of benzene rings is 1. The van der Waals surface area contributed by atoms with Gasteiger partial charge in [-0.3, -0.25) is 9.59 Å². The van der Waals surface area contributed by atoms with Crippen LogP contribution >= 0.6 is 0 Å². The minimum atomic E-state index is -0.419. The van der Waals surface area contributed by atoms with Gasteiger partial charge in [0.05, 0.1) is 26.0 Å². The fraction of sp³-hybridized carbons (Fsp3) is 0.556. The van der Waals surface area contributed by atoms with Gasteiger partial charge in [-0.05, 0) is 26.0 Å². The van der Waals surface area contributed by atoms with E-state index in [1.54, 1.807) is 0 Å². The quantitative estimate of drug-likeness (QED) is 0.456. The van der Waals surface area contributed by atoms with Crippen molar-refractivity contribution in [3.63, 3.8) is 0 Å². The van der Waals surface area contributed by atoms with Crippen molar-refractivity contribution in [1.82, 2.24) is 0 Å². The Bertz CT molecular complexity index is 489. The largest absolute Gasteiger partial charge is 0.464 e.